The predicted octanol–water partition coefficient (Wildman–Crippen LogP) is -0.473. The highest BCUT2D eigenvalue weighted by molar-refractivity contribution is 6.01. The molecule has 5 rings (SSSR count). The second-order valence-electron chi connectivity index (χ2n) is 11.8. The largest absolute Gasteiger partial charge is 0.369 e. The van der Waals surface area contributed by atoms with Crippen molar-refractivity contribution in [3.05, 3.63) is 29.8 Å². The number of fused-ring (bicyclic) bond motifs is 1. The fourth-order valence-electron chi connectivity index (χ4n) is 6.42. The van der Waals surface area contributed by atoms with Gasteiger partial charge in [0.05, 0.1) is 19.1 Å². The molecule has 3 N–H and O–H groups in total. The van der Waals surface area contributed by atoms with E-state index in [1.807, 2.05) is 26.0 Å². The number of hydrogen-bond acceptors (Lipinski definition) is 8. The molecule has 3 atom stereocenters. The topological polar surface area (TPSA) is 117 Å². The number of anilines is 1. The normalized spacial score (nSPS) is 24.4. The van der Waals surface area contributed by atoms with E-state index < -0.39 is 12.1 Å². The van der Waals surface area contributed by atoms with Gasteiger partial charge >= 0.3 is 0 Å². The third kappa shape index (κ3) is 6.31. The second-order valence-corrected chi connectivity index (χ2v) is 11.8. The van der Waals surface area contributed by atoms with E-state index in [-0.39, 0.29) is 42.0 Å². The third-order valence-electron chi connectivity index (χ3n) is 8.52. The lowest BCUT2D eigenvalue weighted by molar-refractivity contribution is -0.138. The van der Waals surface area contributed by atoms with E-state index in [9.17, 15) is 19.2 Å². The summed E-state index contributed by atoms with van der Waals surface area (Å²) < 4.78 is 0. The molecular weight excluding hydrogens is 510 g/mol. The van der Waals surface area contributed by atoms with Crippen molar-refractivity contribution in [1.29, 1.82) is 0 Å². The Balaban J connectivity index is 1.23. The summed E-state index contributed by atoms with van der Waals surface area (Å²) in [6.07, 6.45) is 1.04. The molecular formula is C29H43N7O4. The summed E-state index contributed by atoms with van der Waals surface area (Å²) >= 11 is 0. The van der Waals surface area contributed by atoms with Gasteiger partial charge in [-0.05, 0) is 43.0 Å². The molecule has 0 aromatic heterocycles. The van der Waals surface area contributed by atoms with E-state index in [4.69, 9.17) is 0 Å². The minimum Gasteiger partial charge on any atom is -0.369 e. The summed E-state index contributed by atoms with van der Waals surface area (Å²) in [4.78, 5) is 61.0. The van der Waals surface area contributed by atoms with Crippen LogP contribution in [0.3, 0.4) is 0 Å². The Morgan fingerprint density at radius 2 is 1.57 bits per heavy atom. The van der Waals surface area contributed by atoms with Gasteiger partial charge < -0.3 is 30.7 Å². The Bertz CT molecular complexity index is 1080. The molecule has 3 unspecified atom stereocenters. The van der Waals surface area contributed by atoms with Gasteiger partial charge in [-0.25, -0.2) is 0 Å². The number of carbonyl (C=O) groups excluding carboxylic acids is 4. The summed E-state index contributed by atoms with van der Waals surface area (Å²) in [7, 11) is 0. The highest BCUT2D eigenvalue weighted by atomic mass is 16.2. The first-order valence-electron chi connectivity index (χ1n) is 14.7. The molecule has 1 aromatic carbocycles. The van der Waals surface area contributed by atoms with Crippen LogP contribution in [-0.4, -0.2) is 128 Å². The lowest BCUT2D eigenvalue weighted by Crippen LogP contribution is -2.53. The quantitative estimate of drug-likeness (QED) is 0.396. The molecule has 0 spiro atoms. The Morgan fingerprint density at radius 1 is 0.925 bits per heavy atom. The lowest BCUT2D eigenvalue weighted by atomic mass is 10.0. The van der Waals surface area contributed by atoms with Crippen molar-refractivity contribution in [2.24, 2.45) is 5.92 Å². The van der Waals surface area contributed by atoms with Crippen molar-refractivity contribution >= 4 is 29.2 Å². The molecule has 4 saturated heterocycles. The maximum atomic E-state index is 13.8. The zero-order valence-electron chi connectivity index (χ0n) is 23.7. The van der Waals surface area contributed by atoms with Crippen molar-refractivity contribution in [3.8, 4) is 0 Å². The van der Waals surface area contributed by atoms with E-state index >= 15 is 0 Å². The van der Waals surface area contributed by atoms with Crippen LogP contribution < -0.4 is 20.9 Å². The number of amides is 3. The van der Waals surface area contributed by atoms with Crippen molar-refractivity contribution in [2.45, 2.75) is 44.8 Å². The van der Waals surface area contributed by atoms with E-state index in [0.29, 0.717) is 31.5 Å². The molecule has 11 nitrogen and oxygen atoms in total. The number of carbonyl (C=O) groups is 4. The number of hydrogen-bond donors (Lipinski definition) is 3. The molecule has 3 amide bonds. The van der Waals surface area contributed by atoms with Gasteiger partial charge in [0.15, 0.2) is 5.78 Å². The van der Waals surface area contributed by atoms with Crippen molar-refractivity contribution < 1.29 is 19.2 Å². The van der Waals surface area contributed by atoms with Crippen LogP contribution >= 0.6 is 0 Å². The van der Waals surface area contributed by atoms with Crippen LogP contribution in [0, 0.1) is 5.92 Å². The monoisotopic (exact) mass is 553 g/mol. The first kappa shape index (κ1) is 28.5. The number of piperazine rings is 2. The minimum atomic E-state index is -0.738. The molecule has 11 heteroatoms. The summed E-state index contributed by atoms with van der Waals surface area (Å²) in [5.41, 5.74) is 1.58. The Kier molecular flexibility index (Phi) is 9.02. The van der Waals surface area contributed by atoms with Crippen LogP contribution in [-0.2, 0) is 14.4 Å². The van der Waals surface area contributed by atoms with E-state index in [1.165, 1.54) is 0 Å². The van der Waals surface area contributed by atoms with Crippen LogP contribution in [0.15, 0.2) is 24.3 Å². The zero-order chi connectivity index (χ0) is 28.2. The lowest BCUT2D eigenvalue weighted by Gasteiger charge is -2.31. The second kappa shape index (κ2) is 12.7. The number of ketones is 1. The molecule has 4 aliphatic heterocycles. The van der Waals surface area contributed by atoms with Gasteiger partial charge in [-0.2, -0.15) is 0 Å². The van der Waals surface area contributed by atoms with Crippen LogP contribution in [0.2, 0.25) is 0 Å². The average molecular weight is 554 g/mol. The number of nitrogens with one attached hydrogen (secondary N) is 3. The number of likely N-dealkylation sites (tertiary alicyclic amines) is 2. The number of benzene rings is 1. The summed E-state index contributed by atoms with van der Waals surface area (Å²) in [5.74, 6) is -0.515. The maximum Gasteiger partial charge on any atom is 0.251 e. The molecule has 218 valence electrons. The molecule has 4 heterocycles. The van der Waals surface area contributed by atoms with Gasteiger partial charge in [-0.1, -0.05) is 13.8 Å². The summed E-state index contributed by atoms with van der Waals surface area (Å²) in [6.45, 7) is 11.8. The van der Waals surface area contributed by atoms with Crippen LogP contribution in [0.4, 0.5) is 5.69 Å². The maximum absolute atomic E-state index is 13.8. The molecule has 0 radical (unpaired) electrons. The molecule has 1 aromatic rings. The van der Waals surface area contributed by atoms with E-state index in [1.54, 1.807) is 21.9 Å². The van der Waals surface area contributed by atoms with E-state index in [0.717, 1.165) is 58.0 Å². The van der Waals surface area contributed by atoms with Crippen LogP contribution in [0.5, 0.6) is 0 Å². The molecule has 0 saturated carbocycles. The van der Waals surface area contributed by atoms with Gasteiger partial charge in [0.25, 0.3) is 5.91 Å². The third-order valence-corrected chi connectivity index (χ3v) is 8.52. The minimum absolute atomic E-state index is 0.0463. The molecule has 40 heavy (non-hydrogen) atoms. The number of rotatable bonds is 8. The van der Waals surface area contributed by atoms with Crippen molar-refractivity contribution in [3.63, 3.8) is 0 Å². The van der Waals surface area contributed by atoms with Gasteiger partial charge in [0.1, 0.15) is 12.1 Å². The predicted molar refractivity (Wildman–Crippen MR) is 152 cm³/mol. The zero-order valence-corrected chi connectivity index (χ0v) is 23.7. The Morgan fingerprint density at radius 3 is 2.23 bits per heavy atom. The standard InChI is InChI=1S/C29H43N7O4/c1-20(2)17-23(32-28(39)21-3-5-22(6-4-21)34-15-10-31-11-16-34)29(40)35-12-7-24-27(35)25(37)18-36(24)26(38)19-33-13-8-30-9-14-33/h3-6,20,23-24,27,30-31H,7-19H2,1-2H3,(H,32,39). The van der Waals surface area contributed by atoms with Crippen molar-refractivity contribution in [2.75, 3.05) is 76.9 Å². The highest BCUT2D eigenvalue weighted by Gasteiger charge is 2.52. The fraction of sp³-hybridized carbons (Fsp3) is 0.655. The highest BCUT2D eigenvalue weighted by Crippen LogP contribution is 2.31. The summed E-state index contributed by atoms with van der Waals surface area (Å²) in [6, 6.07) is 5.85. The summed E-state index contributed by atoms with van der Waals surface area (Å²) in [5, 5.41) is 9.59. The fourth-order valence-corrected chi connectivity index (χ4v) is 6.42. The van der Waals surface area contributed by atoms with Gasteiger partial charge in [0, 0.05) is 70.2 Å². The SMILES string of the molecule is CC(C)CC(NC(=O)c1ccc(N2CCNCC2)cc1)C(=O)N1CCC2C1C(=O)CN2C(=O)CN1CCNCC1. The van der Waals surface area contributed by atoms with Crippen LogP contribution in [0.25, 0.3) is 0 Å². The first-order valence-corrected chi connectivity index (χ1v) is 14.7. The van der Waals surface area contributed by atoms with E-state index in [2.05, 4.69) is 25.8 Å². The first-order chi connectivity index (χ1) is 19.3. The molecule has 0 aliphatic carbocycles. The smallest absolute Gasteiger partial charge is 0.251 e. The Hall–Kier alpha value is -3.02. The Labute approximate surface area is 236 Å². The molecule has 4 aliphatic rings. The molecule has 4 fully saturated rings. The average Bonchev–Trinajstić information content (AvgIpc) is 3.54. The van der Waals surface area contributed by atoms with Gasteiger partial charge in [-0.15, -0.1) is 0 Å². The number of Topliss-reactive ketones (excluding diaryl/α,β-unsaturated/α-hetero) is 1. The van der Waals surface area contributed by atoms with Gasteiger partial charge in [0.2, 0.25) is 11.8 Å². The van der Waals surface area contributed by atoms with Gasteiger partial charge in [-0.3, -0.25) is 24.1 Å². The van der Waals surface area contributed by atoms with Crippen LogP contribution in [0.1, 0.15) is 37.0 Å². The molecule has 0 bridgehead atoms. The number of nitrogens with zero attached hydrogens (tertiary/aromatic N) is 4. The van der Waals surface area contributed by atoms with Crippen molar-refractivity contribution in [1.82, 2.24) is 30.7 Å².